The van der Waals surface area contributed by atoms with Crippen molar-refractivity contribution >= 4 is 5.97 Å². The van der Waals surface area contributed by atoms with Crippen LogP contribution in [0.25, 0.3) is 0 Å². The highest BCUT2D eigenvalue weighted by molar-refractivity contribution is 5.66. The van der Waals surface area contributed by atoms with Gasteiger partial charge < -0.3 is 24.8 Å². The van der Waals surface area contributed by atoms with Gasteiger partial charge >= 0.3 is 5.97 Å². The molecule has 2 rings (SSSR count). The smallest absolute Gasteiger partial charge is 0.303 e. The number of hydrogen-bond acceptors (Lipinski definition) is 5. The molecule has 6 heteroatoms. The van der Waals surface area contributed by atoms with Crippen LogP contribution in [0.3, 0.4) is 0 Å². The van der Waals surface area contributed by atoms with Crippen molar-refractivity contribution in [3.63, 3.8) is 0 Å². The summed E-state index contributed by atoms with van der Waals surface area (Å²) in [4.78, 5) is 10.5. The molecule has 1 aliphatic rings. The van der Waals surface area contributed by atoms with E-state index in [1.165, 1.54) is 0 Å². The van der Waals surface area contributed by atoms with Gasteiger partial charge in [-0.1, -0.05) is 12.2 Å². The normalized spacial score (nSPS) is 26.1. The molecule has 6 nitrogen and oxygen atoms in total. The number of furan rings is 1. The van der Waals surface area contributed by atoms with Gasteiger partial charge in [-0.05, 0) is 50.3 Å². The Bertz CT molecular complexity index is 619. The number of allylic oxidation sites excluding steroid dienone is 3. The summed E-state index contributed by atoms with van der Waals surface area (Å²) < 4.78 is 5.28. The standard InChI is InChI=1S/C21H30O6/c22-17(11-6-5-8-15-9-7-13-27-15)21-16(18(23)14-19(21)24)10-3-1-2-4-12-20(25)26/h1,3,7,9,11,13,16,18-19,21-24H,2,4-6,8,10,12,14H2,(H,25,26)/b3-1-,17-11+/t16?,18-,19+,21?/m0/s1. The van der Waals surface area contributed by atoms with Crippen LogP contribution in [-0.2, 0) is 11.2 Å². The molecule has 1 aromatic heterocycles. The maximum absolute atomic E-state index is 10.5. The molecule has 0 saturated heterocycles. The van der Waals surface area contributed by atoms with Crippen molar-refractivity contribution in [2.75, 3.05) is 0 Å². The number of aliphatic hydroxyl groups excluding tert-OH is 3. The number of unbranched alkanes of at least 4 members (excludes halogenated alkanes) is 2. The number of rotatable bonds is 11. The van der Waals surface area contributed by atoms with E-state index in [4.69, 9.17) is 9.52 Å². The second-order valence-corrected chi connectivity index (χ2v) is 7.15. The first-order valence-corrected chi connectivity index (χ1v) is 9.63. The summed E-state index contributed by atoms with van der Waals surface area (Å²) in [5.74, 6) is -0.461. The van der Waals surface area contributed by atoms with E-state index in [-0.39, 0.29) is 24.5 Å². The average molecular weight is 378 g/mol. The van der Waals surface area contributed by atoms with Gasteiger partial charge in [0.1, 0.15) is 5.76 Å². The molecular weight excluding hydrogens is 348 g/mol. The Morgan fingerprint density at radius 3 is 2.67 bits per heavy atom. The van der Waals surface area contributed by atoms with Gasteiger partial charge in [0.05, 0.1) is 24.2 Å². The van der Waals surface area contributed by atoms with E-state index in [0.717, 1.165) is 18.6 Å². The number of aliphatic carboxylic acids is 1. The summed E-state index contributed by atoms with van der Waals surface area (Å²) in [6.45, 7) is 0. The van der Waals surface area contributed by atoms with Crippen molar-refractivity contribution in [3.05, 3.63) is 48.1 Å². The number of aryl methyl sites for hydroxylation is 1. The minimum Gasteiger partial charge on any atom is -0.512 e. The fourth-order valence-electron chi connectivity index (χ4n) is 3.67. The van der Waals surface area contributed by atoms with Crippen molar-refractivity contribution in [3.8, 4) is 0 Å². The molecule has 0 amide bonds. The van der Waals surface area contributed by atoms with Crippen LogP contribution in [0.4, 0.5) is 0 Å². The van der Waals surface area contributed by atoms with E-state index in [1.807, 2.05) is 24.3 Å². The number of carboxylic acid groups (broad SMARTS) is 1. The summed E-state index contributed by atoms with van der Waals surface area (Å²) in [6.07, 6.45) is 10.2. The first-order valence-electron chi connectivity index (χ1n) is 9.63. The zero-order valence-electron chi connectivity index (χ0n) is 15.5. The van der Waals surface area contributed by atoms with E-state index >= 15 is 0 Å². The van der Waals surface area contributed by atoms with Gasteiger partial charge in [0.2, 0.25) is 0 Å². The largest absolute Gasteiger partial charge is 0.512 e. The molecule has 0 bridgehead atoms. The summed E-state index contributed by atoms with van der Waals surface area (Å²) in [6, 6.07) is 3.76. The van der Waals surface area contributed by atoms with Gasteiger partial charge in [-0.15, -0.1) is 0 Å². The first-order chi connectivity index (χ1) is 13.0. The minimum atomic E-state index is -0.806. The number of hydrogen-bond donors (Lipinski definition) is 4. The van der Waals surface area contributed by atoms with Crippen LogP contribution in [0, 0.1) is 11.8 Å². The molecule has 1 fully saturated rings. The fourth-order valence-corrected chi connectivity index (χ4v) is 3.67. The lowest BCUT2D eigenvalue weighted by molar-refractivity contribution is -0.137. The van der Waals surface area contributed by atoms with Crippen molar-refractivity contribution in [2.45, 2.75) is 63.6 Å². The monoisotopic (exact) mass is 378 g/mol. The lowest BCUT2D eigenvalue weighted by atomic mass is 9.88. The van der Waals surface area contributed by atoms with Crippen LogP contribution in [0.5, 0.6) is 0 Å². The maximum atomic E-state index is 10.5. The average Bonchev–Trinajstić information content (AvgIpc) is 3.22. The van der Waals surface area contributed by atoms with Crippen molar-refractivity contribution in [1.82, 2.24) is 0 Å². The van der Waals surface area contributed by atoms with Gasteiger partial charge in [0.25, 0.3) is 0 Å². The lowest BCUT2D eigenvalue weighted by Crippen LogP contribution is -2.23. The van der Waals surface area contributed by atoms with Gasteiger partial charge in [0, 0.05) is 31.1 Å². The third kappa shape index (κ3) is 6.88. The Morgan fingerprint density at radius 1 is 1.15 bits per heavy atom. The third-order valence-corrected chi connectivity index (χ3v) is 5.09. The first kappa shape index (κ1) is 21.3. The summed E-state index contributed by atoms with van der Waals surface area (Å²) in [5, 5.41) is 39.5. The number of carboxylic acids is 1. The Balaban J connectivity index is 1.82. The molecule has 0 aromatic carbocycles. The molecule has 4 N–H and O–H groups in total. The topological polar surface area (TPSA) is 111 Å². The SMILES string of the molecule is O=C(O)CCC/C=C\CC1C(/C(O)=C\CCCc2ccco2)[C@H](O)C[C@@H]1O. The van der Waals surface area contributed by atoms with E-state index < -0.39 is 24.1 Å². The molecule has 27 heavy (non-hydrogen) atoms. The Kier molecular flexibility index (Phi) is 8.61. The third-order valence-electron chi connectivity index (χ3n) is 5.09. The van der Waals surface area contributed by atoms with E-state index in [2.05, 4.69) is 0 Å². The van der Waals surface area contributed by atoms with Crippen LogP contribution in [0.15, 0.2) is 46.8 Å². The molecular formula is C21H30O6. The van der Waals surface area contributed by atoms with Crippen molar-refractivity contribution in [1.29, 1.82) is 0 Å². The molecule has 150 valence electrons. The molecule has 0 spiro atoms. The Hall–Kier alpha value is -2.05. The second kappa shape index (κ2) is 10.9. The summed E-state index contributed by atoms with van der Waals surface area (Å²) >= 11 is 0. The fraction of sp³-hybridized carbons (Fsp3) is 0.571. The summed E-state index contributed by atoms with van der Waals surface area (Å²) in [7, 11) is 0. The van der Waals surface area contributed by atoms with Crippen LogP contribution < -0.4 is 0 Å². The van der Waals surface area contributed by atoms with Crippen LogP contribution in [0.1, 0.15) is 50.7 Å². The highest BCUT2D eigenvalue weighted by Gasteiger charge is 2.43. The van der Waals surface area contributed by atoms with Gasteiger partial charge in [0.15, 0.2) is 0 Å². The zero-order valence-corrected chi connectivity index (χ0v) is 15.5. The highest BCUT2D eigenvalue weighted by atomic mass is 16.4. The zero-order chi connectivity index (χ0) is 19.6. The maximum Gasteiger partial charge on any atom is 0.303 e. The molecule has 1 heterocycles. The molecule has 1 saturated carbocycles. The van der Waals surface area contributed by atoms with E-state index in [9.17, 15) is 20.1 Å². The van der Waals surface area contributed by atoms with Gasteiger partial charge in [-0.25, -0.2) is 0 Å². The Morgan fingerprint density at radius 2 is 1.96 bits per heavy atom. The van der Waals surface area contributed by atoms with E-state index in [0.29, 0.717) is 25.7 Å². The lowest BCUT2D eigenvalue weighted by Gasteiger charge is -2.22. The van der Waals surface area contributed by atoms with Crippen LogP contribution in [-0.4, -0.2) is 38.6 Å². The van der Waals surface area contributed by atoms with Crippen molar-refractivity contribution < 1.29 is 29.6 Å². The second-order valence-electron chi connectivity index (χ2n) is 7.15. The summed E-state index contributed by atoms with van der Waals surface area (Å²) in [5.41, 5.74) is 0. The van der Waals surface area contributed by atoms with Crippen LogP contribution in [0.2, 0.25) is 0 Å². The minimum absolute atomic E-state index is 0.138. The molecule has 1 aliphatic carbocycles. The molecule has 2 unspecified atom stereocenters. The quantitative estimate of drug-likeness (QED) is 0.266. The predicted octanol–water partition coefficient (Wildman–Crippen LogP) is 3.60. The van der Waals surface area contributed by atoms with Gasteiger partial charge in [-0.3, -0.25) is 4.79 Å². The predicted molar refractivity (Wildman–Crippen MR) is 101 cm³/mol. The number of aliphatic hydroxyl groups is 3. The molecule has 0 radical (unpaired) electrons. The van der Waals surface area contributed by atoms with Gasteiger partial charge in [-0.2, -0.15) is 0 Å². The highest BCUT2D eigenvalue weighted by Crippen LogP contribution is 2.39. The van der Waals surface area contributed by atoms with Crippen molar-refractivity contribution in [2.24, 2.45) is 11.8 Å². The Labute approximate surface area is 159 Å². The molecule has 1 aromatic rings. The molecule has 0 aliphatic heterocycles. The van der Waals surface area contributed by atoms with E-state index in [1.54, 1.807) is 12.3 Å². The molecule has 4 atom stereocenters. The van der Waals surface area contributed by atoms with Crippen LogP contribution >= 0.6 is 0 Å². The number of carbonyl (C=O) groups is 1.